The van der Waals surface area contributed by atoms with Gasteiger partial charge in [0.15, 0.2) is 15.6 Å². The van der Waals surface area contributed by atoms with Gasteiger partial charge in [0.05, 0.1) is 4.90 Å². The quantitative estimate of drug-likeness (QED) is 0.843. The monoisotopic (exact) mass is 268 g/mol. The SMILES string of the molecule is Cc1ccc(S(=O)(=O)C(C)(C)C(=O)C(C)C)cc1. The highest BCUT2D eigenvalue weighted by atomic mass is 32.2. The average Bonchev–Trinajstić information content (AvgIpc) is 2.28. The van der Waals surface area contributed by atoms with Gasteiger partial charge in [-0.3, -0.25) is 4.79 Å². The number of carbonyl (C=O) groups excluding carboxylic acids is 1. The van der Waals surface area contributed by atoms with Crippen LogP contribution in [0.2, 0.25) is 0 Å². The van der Waals surface area contributed by atoms with E-state index in [2.05, 4.69) is 0 Å². The van der Waals surface area contributed by atoms with Gasteiger partial charge in [0.25, 0.3) is 0 Å². The molecule has 0 aliphatic carbocycles. The summed E-state index contributed by atoms with van der Waals surface area (Å²) < 4.78 is 23.6. The first kappa shape index (κ1) is 14.9. The zero-order chi connectivity index (χ0) is 14.1. The molecular formula is C14H20O3S. The first-order chi connectivity index (χ1) is 8.10. The van der Waals surface area contributed by atoms with Gasteiger partial charge in [0.1, 0.15) is 4.75 Å². The van der Waals surface area contributed by atoms with Crippen molar-refractivity contribution in [3.63, 3.8) is 0 Å². The zero-order valence-electron chi connectivity index (χ0n) is 11.5. The second kappa shape index (κ2) is 4.84. The van der Waals surface area contributed by atoms with Crippen molar-refractivity contribution in [2.75, 3.05) is 0 Å². The zero-order valence-corrected chi connectivity index (χ0v) is 12.3. The number of benzene rings is 1. The number of hydrogen-bond acceptors (Lipinski definition) is 3. The minimum atomic E-state index is -3.65. The van der Waals surface area contributed by atoms with Crippen LogP contribution in [0.1, 0.15) is 33.3 Å². The predicted molar refractivity (Wildman–Crippen MR) is 72.3 cm³/mol. The van der Waals surface area contributed by atoms with Crippen LogP contribution < -0.4 is 0 Å². The lowest BCUT2D eigenvalue weighted by atomic mass is 9.98. The molecule has 0 amide bonds. The maximum absolute atomic E-state index is 12.5. The van der Waals surface area contributed by atoms with E-state index < -0.39 is 14.6 Å². The molecule has 0 radical (unpaired) electrons. The van der Waals surface area contributed by atoms with Crippen molar-refractivity contribution >= 4 is 15.6 Å². The third-order valence-corrected chi connectivity index (χ3v) is 5.56. The van der Waals surface area contributed by atoms with Crippen LogP contribution in [0.3, 0.4) is 0 Å². The molecule has 4 heteroatoms. The van der Waals surface area contributed by atoms with E-state index in [0.29, 0.717) is 0 Å². The average molecular weight is 268 g/mol. The minimum absolute atomic E-state index is 0.201. The first-order valence-electron chi connectivity index (χ1n) is 5.96. The van der Waals surface area contributed by atoms with Crippen LogP contribution in [0.15, 0.2) is 29.2 Å². The van der Waals surface area contributed by atoms with Crippen LogP contribution in [0, 0.1) is 12.8 Å². The van der Waals surface area contributed by atoms with Crippen LogP contribution >= 0.6 is 0 Å². The molecule has 1 rings (SSSR count). The standard InChI is InChI=1S/C14H20O3S/c1-10(2)13(15)14(4,5)18(16,17)12-8-6-11(3)7-9-12/h6-10H,1-5H3. The Morgan fingerprint density at radius 2 is 1.56 bits per heavy atom. The van der Waals surface area contributed by atoms with Crippen LogP contribution in [0.25, 0.3) is 0 Å². The highest BCUT2D eigenvalue weighted by Gasteiger charge is 2.43. The number of aryl methyl sites for hydroxylation is 1. The summed E-state index contributed by atoms with van der Waals surface area (Å²) in [5.41, 5.74) is 0.988. The van der Waals surface area contributed by atoms with E-state index >= 15 is 0 Å². The maximum Gasteiger partial charge on any atom is 0.190 e. The van der Waals surface area contributed by atoms with E-state index in [1.54, 1.807) is 38.1 Å². The summed E-state index contributed by atoms with van der Waals surface area (Å²) in [6.07, 6.45) is 0. The van der Waals surface area contributed by atoms with Crippen molar-refractivity contribution < 1.29 is 13.2 Å². The molecule has 1 aromatic carbocycles. The van der Waals surface area contributed by atoms with Gasteiger partial charge in [0.2, 0.25) is 0 Å². The number of ketones is 1. The molecule has 0 aliphatic rings. The van der Waals surface area contributed by atoms with Crippen molar-refractivity contribution in [2.45, 2.75) is 44.3 Å². The molecule has 0 saturated heterocycles. The van der Waals surface area contributed by atoms with E-state index in [1.165, 1.54) is 13.8 Å². The van der Waals surface area contributed by atoms with Crippen molar-refractivity contribution in [1.82, 2.24) is 0 Å². The van der Waals surface area contributed by atoms with Crippen molar-refractivity contribution in [1.29, 1.82) is 0 Å². The summed E-state index contributed by atoms with van der Waals surface area (Å²) >= 11 is 0. The Balaban J connectivity index is 3.30. The van der Waals surface area contributed by atoms with Gasteiger partial charge in [-0.25, -0.2) is 8.42 Å². The van der Waals surface area contributed by atoms with E-state index in [-0.39, 0.29) is 16.6 Å². The Labute approximate surface area is 109 Å². The second-order valence-electron chi connectivity index (χ2n) is 5.35. The summed E-state index contributed by atoms with van der Waals surface area (Å²) in [5.74, 6) is -0.566. The molecule has 0 unspecified atom stereocenters. The van der Waals surface area contributed by atoms with Gasteiger partial charge in [-0.2, -0.15) is 0 Å². The fourth-order valence-electron chi connectivity index (χ4n) is 1.84. The number of hydrogen-bond donors (Lipinski definition) is 0. The molecule has 0 aliphatic heterocycles. The molecular weight excluding hydrogens is 248 g/mol. The molecule has 0 spiro atoms. The van der Waals surface area contributed by atoms with Crippen LogP contribution in [-0.2, 0) is 14.6 Å². The molecule has 0 heterocycles. The Hall–Kier alpha value is -1.16. The Kier molecular flexibility index (Phi) is 4.01. The largest absolute Gasteiger partial charge is 0.298 e. The van der Waals surface area contributed by atoms with E-state index in [1.807, 2.05) is 6.92 Å². The number of carbonyl (C=O) groups is 1. The highest BCUT2D eigenvalue weighted by molar-refractivity contribution is 7.93. The summed E-state index contributed by atoms with van der Waals surface area (Å²) in [4.78, 5) is 12.3. The molecule has 0 N–H and O–H groups in total. The van der Waals surface area contributed by atoms with Crippen LogP contribution in [0.4, 0.5) is 0 Å². The fourth-order valence-corrected chi connectivity index (χ4v) is 3.42. The second-order valence-corrected chi connectivity index (χ2v) is 7.84. The van der Waals surface area contributed by atoms with E-state index in [9.17, 15) is 13.2 Å². The van der Waals surface area contributed by atoms with Gasteiger partial charge >= 0.3 is 0 Å². The summed E-state index contributed by atoms with van der Waals surface area (Å²) in [5, 5.41) is 0. The Bertz CT molecular complexity index is 537. The maximum atomic E-state index is 12.5. The normalized spacial score (nSPS) is 12.8. The molecule has 1 aromatic rings. The van der Waals surface area contributed by atoms with Gasteiger partial charge < -0.3 is 0 Å². The number of Topliss-reactive ketones (excluding diaryl/α,β-unsaturated/α-hetero) is 1. The molecule has 0 aromatic heterocycles. The molecule has 0 fully saturated rings. The number of rotatable bonds is 4. The molecule has 3 nitrogen and oxygen atoms in total. The van der Waals surface area contributed by atoms with Crippen molar-refractivity contribution in [3.8, 4) is 0 Å². The topological polar surface area (TPSA) is 51.2 Å². The van der Waals surface area contributed by atoms with Gasteiger partial charge in [-0.05, 0) is 32.9 Å². The highest BCUT2D eigenvalue weighted by Crippen LogP contribution is 2.28. The lowest BCUT2D eigenvalue weighted by Crippen LogP contribution is -2.43. The summed E-state index contributed by atoms with van der Waals surface area (Å²) in [6.45, 7) is 8.28. The lowest BCUT2D eigenvalue weighted by Gasteiger charge is -2.25. The Morgan fingerprint density at radius 1 is 1.11 bits per heavy atom. The molecule has 100 valence electrons. The van der Waals surface area contributed by atoms with Crippen LogP contribution in [-0.4, -0.2) is 18.9 Å². The summed E-state index contributed by atoms with van der Waals surface area (Å²) in [6, 6.07) is 6.59. The van der Waals surface area contributed by atoms with Crippen LogP contribution in [0.5, 0.6) is 0 Å². The lowest BCUT2D eigenvalue weighted by molar-refractivity contribution is -0.123. The van der Waals surface area contributed by atoms with Crippen molar-refractivity contribution in [2.24, 2.45) is 5.92 Å². The molecule has 0 bridgehead atoms. The van der Waals surface area contributed by atoms with Gasteiger partial charge in [0, 0.05) is 5.92 Å². The molecule has 0 atom stereocenters. The van der Waals surface area contributed by atoms with Crippen molar-refractivity contribution in [3.05, 3.63) is 29.8 Å². The van der Waals surface area contributed by atoms with Gasteiger partial charge in [-0.1, -0.05) is 31.5 Å². The molecule has 18 heavy (non-hydrogen) atoms. The molecule has 0 saturated carbocycles. The summed E-state index contributed by atoms with van der Waals surface area (Å²) in [7, 11) is -3.65. The number of sulfone groups is 1. The smallest absolute Gasteiger partial charge is 0.190 e. The van der Waals surface area contributed by atoms with E-state index in [0.717, 1.165) is 5.56 Å². The van der Waals surface area contributed by atoms with E-state index in [4.69, 9.17) is 0 Å². The Morgan fingerprint density at radius 3 is 1.94 bits per heavy atom. The predicted octanol–water partition coefficient (Wildman–Crippen LogP) is 2.77. The van der Waals surface area contributed by atoms with Gasteiger partial charge in [-0.15, -0.1) is 0 Å². The fraction of sp³-hybridized carbons (Fsp3) is 0.500. The third-order valence-electron chi connectivity index (χ3n) is 3.12. The minimum Gasteiger partial charge on any atom is -0.298 e. The first-order valence-corrected chi connectivity index (χ1v) is 7.44. The third kappa shape index (κ3) is 2.48.